The molecule has 1 aromatic rings. The number of aryl methyl sites for hydroxylation is 2. The van der Waals surface area contributed by atoms with E-state index < -0.39 is 0 Å². The predicted molar refractivity (Wildman–Crippen MR) is 63.3 cm³/mol. The van der Waals surface area contributed by atoms with Crippen LogP contribution in [0.1, 0.15) is 18.3 Å². The van der Waals surface area contributed by atoms with Crippen molar-refractivity contribution in [2.45, 2.75) is 20.8 Å². The number of hydrogen-bond acceptors (Lipinski definition) is 4. The first-order valence-electron chi connectivity index (χ1n) is 5.33. The summed E-state index contributed by atoms with van der Waals surface area (Å²) < 4.78 is 0. The van der Waals surface area contributed by atoms with Crippen LogP contribution in [0.5, 0.6) is 0 Å². The van der Waals surface area contributed by atoms with Gasteiger partial charge < -0.3 is 10.2 Å². The highest BCUT2D eigenvalue weighted by Gasteiger charge is 2.07. The largest absolute Gasteiger partial charge is 0.345 e. The second kappa shape index (κ2) is 5.44. The molecule has 0 unspecified atom stereocenters. The van der Waals surface area contributed by atoms with E-state index in [2.05, 4.69) is 15.3 Å². The van der Waals surface area contributed by atoms with Crippen LogP contribution >= 0.6 is 0 Å². The number of nitrogens with one attached hydrogen (secondary N) is 1. The fourth-order valence-corrected chi connectivity index (χ4v) is 1.27. The summed E-state index contributed by atoms with van der Waals surface area (Å²) in [6, 6.07) is 1.89. The Hall–Kier alpha value is -1.65. The SMILES string of the molecule is CCN(C)C(=O)CNc1nc(C)cc(C)n1. The number of aromatic nitrogens is 2. The summed E-state index contributed by atoms with van der Waals surface area (Å²) in [4.78, 5) is 21.6. The minimum Gasteiger partial charge on any atom is -0.345 e. The molecule has 0 radical (unpaired) electrons. The number of hydrogen-bond donors (Lipinski definition) is 1. The fraction of sp³-hybridized carbons (Fsp3) is 0.545. The predicted octanol–water partition coefficient (Wildman–Crippen LogP) is 0.984. The molecule has 0 aliphatic rings. The molecule has 0 spiro atoms. The molecule has 5 nitrogen and oxygen atoms in total. The van der Waals surface area contributed by atoms with Crippen molar-refractivity contribution in [3.63, 3.8) is 0 Å². The molecule has 1 amide bonds. The van der Waals surface area contributed by atoms with Crippen LogP contribution in [0.3, 0.4) is 0 Å². The summed E-state index contributed by atoms with van der Waals surface area (Å²) in [6.45, 7) is 6.67. The molecule has 5 heteroatoms. The maximum atomic E-state index is 11.5. The van der Waals surface area contributed by atoms with Gasteiger partial charge in [-0.05, 0) is 26.8 Å². The molecule has 1 N–H and O–H groups in total. The van der Waals surface area contributed by atoms with Crippen LogP contribution in [0.2, 0.25) is 0 Å². The molecular weight excluding hydrogens is 204 g/mol. The van der Waals surface area contributed by atoms with Gasteiger partial charge in [-0.25, -0.2) is 9.97 Å². The summed E-state index contributed by atoms with van der Waals surface area (Å²) in [5.41, 5.74) is 1.79. The van der Waals surface area contributed by atoms with E-state index in [-0.39, 0.29) is 12.5 Å². The smallest absolute Gasteiger partial charge is 0.241 e. The molecule has 1 aromatic heterocycles. The van der Waals surface area contributed by atoms with Crippen LogP contribution in [0.4, 0.5) is 5.95 Å². The lowest BCUT2D eigenvalue weighted by molar-refractivity contribution is -0.127. The Morgan fingerprint density at radius 1 is 1.38 bits per heavy atom. The van der Waals surface area contributed by atoms with Gasteiger partial charge in [-0.2, -0.15) is 0 Å². The van der Waals surface area contributed by atoms with E-state index in [4.69, 9.17) is 0 Å². The Kier molecular flexibility index (Phi) is 4.22. The van der Waals surface area contributed by atoms with Gasteiger partial charge in [-0.1, -0.05) is 0 Å². The van der Waals surface area contributed by atoms with Crippen molar-refractivity contribution in [3.05, 3.63) is 17.5 Å². The molecule has 88 valence electrons. The lowest BCUT2D eigenvalue weighted by Gasteiger charge is -2.14. The van der Waals surface area contributed by atoms with Crippen molar-refractivity contribution >= 4 is 11.9 Å². The topological polar surface area (TPSA) is 58.1 Å². The van der Waals surface area contributed by atoms with E-state index in [0.717, 1.165) is 11.4 Å². The Morgan fingerprint density at radius 3 is 2.44 bits per heavy atom. The molecule has 0 aliphatic carbocycles. The number of likely N-dealkylation sites (N-methyl/N-ethyl adjacent to an activating group) is 1. The highest BCUT2D eigenvalue weighted by Crippen LogP contribution is 2.03. The minimum atomic E-state index is 0.0326. The standard InChI is InChI=1S/C11H18N4O/c1-5-15(4)10(16)7-12-11-13-8(2)6-9(3)14-11/h6H,5,7H2,1-4H3,(H,12,13,14). The van der Waals surface area contributed by atoms with Gasteiger partial charge in [0.1, 0.15) is 0 Å². The van der Waals surface area contributed by atoms with Gasteiger partial charge in [-0.3, -0.25) is 4.79 Å². The van der Waals surface area contributed by atoms with Crippen LogP contribution < -0.4 is 5.32 Å². The van der Waals surface area contributed by atoms with Crippen molar-refractivity contribution in [1.82, 2.24) is 14.9 Å². The van der Waals surface area contributed by atoms with E-state index in [1.165, 1.54) is 0 Å². The Bertz CT molecular complexity index is 358. The maximum Gasteiger partial charge on any atom is 0.241 e. The maximum absolute atomic E-state index is 11.5. The van der Waals surface area contributed by atoms with Crippen LogP contribution in [-0.4, -0.2) is 40.9 Å². The third-order valence-corrected chi connectivity index (χ3v) is 2.28. The molecule has 1 heterocycles. The fourth-order valence-electron chi connectivity index (χ4n) is 1.27. The summed E-state index contributed by atoms with van der Waals surface area (Å²) in [5.74, 6) is 0.542. The lowest BCUT2D eigenvalue weighted by Crippen LogP contribution is -2.32. The Labute approximate surface area is 95.9 Å². The number of anilines is 1. The zero-order valence-electron chi connectivity index (χ0n) is 10.2. The highest BCUT2D eigenvalue weighted by molar-refractivity contribution is 5.80. The zero-order chi connectivity index (χ0) is 12.1. The van der Waals surface area contributed by atoms with Crippen molar-refractivity contribution < 1.29 is 4.79 Å². The van der Waals surface area contributed by atoms with Crippen molar-refractivity contribution in [3.8, 4) is 0 Å². The molecule has 0 aromatic carbocycles. The second-order valence-corrected chi connectivity index (χ2v) is 3.74. The highest BCUT2D eigenvalue weighted by atomic mass is 16.2. The second-order valence-electron chi connectivity index (χ2n) is 3.74. The molecular formula is C11H18N4O. The zero-order valence-corrected chi connectivity index (χ0v) is 10.2. The minimum absolute atomic E-state index is 0.0326. The van der Waals surface area contributed by atoms with Crippen LogP contribution in [0.15, 0.2) is 6.07 Å². The summed E-state index contributed by atoms with van der Waals surface area (Å²) in [7, 11) is 1.77. The van der Waals surface area contributed by atoms with Gasteiger partial charge in [0, 0.05) is 25.0 Å². The first-order valence-corrected chi connectivity index (χ1v) is 5.33. The van der Waals surface area contributed by atoms with E-state index in [1.54, 1.807) is 11.9 Å². The number of carbonyl (C=O) groups excluding carboxylic acids is 1. The average molecular weight is 222 g/mol. The first kappa shape index (κ1) is 12.4. The van der Waals surface area contributed by atoms with Crippen molar-refractivity contribution in [2.24, 2.45) is 0 Å². The van der Waals surface area contributed by atoms with E-state index in [0.29, 0.717) is 12.5 Å². The Balaban J connectivity index is 2.58. The molecule has 0 aliphatic heterocycles. The van der Waals surface area contributed by atoms with Crippen LogP contribution in [0, 0.1) is 13.8 Å². The monoisotopic (exact) mass is 222 g/mol. The van der Waals surface area contributed by atoms with Crippen LogP contribution in [-0.2, 0) is 4.79 Å². The molecule has 0 bridgehead atoms. The quantitative estimate of drug-likeness (QED) is 0.825. The van der Waals surface area contributed by atoms with Gasteiger partial charge in [0.25, 0.3) is 0 Å². The Morgan fingerprint density at radius 2 is 1.94 bits per heavy atom. The molecule has 1 rings (SSSR count). The molecule has 0 atom stereocenters. The summed E-state index contributed by atoms with van der Waals surface area (Å²) in [6.07, 6.45) is 0. The van der Waals surface area contributed by atoms with Gasteiger partial charge in [0.2, 0.25) is 11.9 Å². The van der Waals surface area contributed by atoms with E-state index >= 15 is 0 Å². The summed E-state index contributed by atoms with van der Waals surface area (Å²) >= 11 is 0. The molecule has 0 fully saturated rings. The average Bonchev–Trinajstić information content (AvgIpc) is 2.23. The molecule has 0 saturated carbocycles. The van der Waals surface area contributed by atoms with Gasteiger partial charge in [0.15, 0.2) is 0 Å². The third kappa shape index (κ3) is 3.49. The van der Waals surface area contributed by atoms with Gasteiger partial charge in [0.05, 0.1) is 6.54 Å². The normalized spacial score (nSPS) is 10.0. The van der Waals surface area contributed by atoms with E-state index in [1.807, 2.05) is 26.8 Å². The summed E-state index contributed by atoms with van der Waals surface area (Å²) in [5, 5.41) is 2.93. The van der Waals surface area contributed by atoms with E-state index in [9.17, 15) is 4.79 Å². The van der Waals surface area contributed by atoms with Crippen LogP contribution in [0.25, 0.3) is 0 Å². The number of rotatable bonds is 4. The third-order valence-electron chi connectivity index (χ3n) is 2.28. The van der Waals surface area contributed by atoms with Gasteiger partial charge in [-0.15, -0.1) is 0 Å². The molecule has 0 saturated heterocycles. The number of nitrogens with zero attached hydrogens (tertiary/aromatic N) is 3. The van der Waals surface area contributed by atoms with Crippen molar-refractivity contribution in [1.29, 1.82) is 0 Å². The number of amides is 1. The van der Waals surface area contributed by atoms with Crippen molar-refractivity contribution in [2.75, 3.05) is 25.5 Å². The number of carbonyl (C=O) groups is 1. The molecule has 16 heavy (non-hydrogen) atoms. The first-order chi connectivity index (χ1) is 7.52. The lowest BCUT2D eigenvalue weighted by atomic mass is 10.3. The van der Waals surface area contributed by atoms with Gasteiger partial charge >= 0.3 is 0 Å².